The molecule has 6 heteroatoms. The molecule has 0 unspecified atom stereocenters. The zero-order valence-corrected chi connectivity index (χ0v) is 13.8. The van der Waals surface area contributed by atoms with Crippen LogP contribution in [0.15, 0.2) is 30.3 Å². The predicted molar refractivity (Wildman–Crippen MR) is 88.3 cm³/mol. The minimum atomic E-state index is -0.766. The van der Waals surface area contributed by atoms with E-state index in [4.69, 9.17) is 5.73 Å². The average Bonchev–Trinajstić information content (AvgIpc) is 2.49. The minimum absolute atomic E-state index is 0.0958. The van der Waals surface area contributed by atoms with Crippen molar-refractivity contribution in [3.63, 3.8) is 0 Å². The van der Waals surface area contributed by atoms with Crippen molar-refractivity contribution in [1.82, 2.24) is 10.6 Å². The summed E-state index contributed by atoms with van der Waals surface area (Å²) in [6, 6.07) is 8.20. The molecular weight excluding hydrogens is 294 g/mol. The van der Waals surface area contributed by atoms with E-state index in [2.05, 4.69) is 10.6 Å². The fraction of sp³-hybridized carbons (Fsp3) is 0.471. The maximum absolute atomic E-state index is 12.3. The smallest absolute Gasteiger partial charge is 0.243 e. The first-order chi connectivity index (χ1) is 10.8. The number of carbonyl (C=O) groups is 3. The van der Waals surface area contributed by atoms with Crippen molar-refractivity contribution in [2.24, 2.45) is 11.7 Å². The van der Waals surface area contributed by atoms with Crippen LogP contribution in [0, 0.1) is 5.92 Å². The van der Waals surface area contributed by atoms with E-state index in [9.17, 15) is 14.4 Å². The van der Waals surface area contributed by atoms with Crippen molar-refractivity contribution in [2.45, 2.75) is 45.7 Å². The van der Waals surface area contributed by atoms with E-state index in [0.717, 1.165) is 5.56 Å². The first-order valence-electron chi connectivity index (χ1n) is 7.72. The van der Waals surface area contributed by atoms with E-state index >= 15 is 0 Å². The molecule has 0 radical (unpaired) electrons. The topological polar surface area (TPSA) is 101 Å². The summed E-state index contributed by atoms with van der Waals surface area (Å²) < 4.78 is 0. The predicted octanol–water partition coefficient (Wildman–Crippen LogP) is 0.750. The average molecular weight is 319 g/mol. The molecule has 4 N–H and O–H groups in total. The Kier molecular flexibility index (Phi) is 7.25. The molecule has 0 heterocycles. The van der Waals surface area contributed by atoms with Gasteiger partial charge in [0.05, 0.1) is 0 Å². The molecule has 0 fully saturated rings. The highest BCUT2D eigenvalue weighted by Gasteiger charge is 2.26. The van der Waals surface area contributed by atoms with Gasteiger partial charge in [-0.05, 0) is 24.3 Å². The van der Waals surface area contributed by atoms with Crippen LogP contribution in [0.1, 0.15) is 32.8 Å². The van der Waals surface area contributed by atoms with Crippen LogP contribution in [0.25, 0.3) is 0 Å². The van der Waals surface area contributed by atoms with Crippen molar-refractivity contribution in [2.75, 3.05) is 0 Å². The summed E-state index contributed by atoms with van der Waals surface area (Å²) in [5.74, 6) is -1.37. The summed E-state index contributed by atoms with van der Waals surface area (Å²) in [6.45, 7) is 5.00. The van der Waals surface area contributed by atoms with Gasteiger partial charge in [-0.25, -0.2) is 0 Å². The van der Waals surface area contributed by atoms with Crippen molar-refractivity contribution < 1.29 is 14.4 Å². The van der Waals surface area contributed by atoms with E-state index in [1.807, 2.05) is 44.2 Å². The highest BCUT2D eigenvalue weighted by Crippen LogP contribution is 2.07. The van der Waals surface area contributed by atoms with Gasteiger partial charge in [-0.1, -0.05) is 44.2 Å². The Hall–Kier alpha value is -2.37. The molecule has 0 saturated carbocycles. The zero-order chi connectivity index (χ0) is 17.4. The summed E-state index contributed by atoms with van der Waals surface area (Å²) in [6.07, 6.45) is 1.04. The number of nitrogens with one attached hydrogen (secondary N) is 2. The number of primary amides is 1. The summed E-state index contributed by atoms with van der Waals surface area (Å²) >= 11 is 0. The lowest BCUT2D eigenvalue weighted by molar-refractivity contribution is -0.131. The Morgan fingerprint density at radius 3 is 2.17 bits per heavy atom. The summed E-state index contributed by atoms with van der Waals surface area (Å²) in [5, 5.41) is 5.24. The van der Waals surface area contributed by atoms with Gasteiger partial charge in [-0.15, -0.1) is 0 Å². The first-order valence-corrected chi connectivity index (χ1v) is 7.72. The van der Waals surface area contributed by atoms with Crippen molar-refractivity contribution in [1.29, 1.82) is 0 Å². The third-order valence-corrected chi connectivity index (χ3v) is 3.53. The number of rotatable bonds is 8. The molecule has 23 heavy (non-hydrogen) atoms. The third kappa shape index (κ3) is 6.50. The molecule has 1 aromatic carbocycles. The van der Waals surface area contributed by atoms with Gasteiger partial charge in [0.15, 0.2) is 0 Å². The molecule has 0 bridgehead atoms. The molecule has 1 rings (SSSR count). The van der Waals surface area contributed by atoms with Gasteiger partial charge >= 0.3 is 0 Å². The fourth-order valence-electron chi connectivity index (χ4n) is 2.26. The molecule has 126 valence electrons. The number of aryl methyl sites for hydroxylation is 1. The van der Waals surface area contributed by atoms with Crippen LogP contribution in [-0.2, 0) is 20.8 Å². The lowest BCUT2D eigenvalue weighted by Crippen LogP contribution is -2.54. The summed E-state index contributed by atoms with van der Waals surface area (Å²) in [4.78, 5) is 35.1. The summed E-state index contributed by atoms with van der Waals surface area (Å²) in [5.41, 5.74) is 6.45. The largest absolute Gasteiger partial charge is 0.368 e. The van der Waals surface area contributed by atoms with Gasteiger partial charge in [0, 0.05) is 6.92 Å². The van der Waals surface area contributed by atoms with Gasteiger partial charge in [-0.2, -0.15) is 0 Å². The zero-order valence-electron chi connectivity index (χ0n) is 13.8. The molecule has 0 aliphatic rings. The Balaban J connectivity index is 2.68. The standard InChI is InChI=1S/C17H25N3O3/c1-11(2)15(19-12(3)21)17(23)20-14(16(18)22)10-9-13-7-5-4-6-8-13/h4-8,11,14-15H,9-10H2,1-3H3,(H2,18,22)(H,19,21)(H,20,23)/t14-,15+/m0/s1. The molecule has 0 aliphatic carbocycles. The maximum atomic E-state index is 12.3. The second kappa shape index (κ2) is 8.92. The molecule has 6 nitrogen and oxygen atoms in total. The Morgan fingerprint density at radius 2 is 1.70 bits per heavy atom. The molecule has 3 amide bonds. The number of hydrogen-bond donors (Lipinski definition) is 3. The van der Waals surface area contributed by atoms with Crippen LogP contribution in [0.5, 0.6) is 0 Å². The van der Waals surface area contributed by atoms with E-state index in [1.165, 1.54) is 6.92 Å². The van der Waals surface area contributed by atoms with Crippen LogP contribution in [-0.4, -0.2) is 29.8 Å². The van der Waals surface area contributed by atoms with Gasteiger partial charge in [0.1, 0.15) is 12.1 Å². The van der Waals surface area contributed by atoms with Crippen LogP contribution >= 0.6 is 0 Å². The monoisotopic (exact) mass is 319 g/mol. The van der Waals surface area contributed by atoms with Gasteiger partial charge in [-0.3, -0.25) is 14.4 Å². The fourth-order valence-corrected chi connectivity index (χ4v) is 2.26. The van der Waals surface area contributed by atoms with Crippen LogP contribution in [0.2, 0.25) is 0 Å². The first kappa shape index (κ1) is 18.7. The molecule has 0 saturated heterocycles. The van der Waals surface area contributed by atoms with Crippen molar-refractivity contribution in [3.8, 4) is 0 Å². The molecule has 2 atom stereocenters. The number of hydrogen-bond acceptors (Lipinski definition) is 3. The van der Waals surface area contributed by atoms with Crippen LogP contribution in [0.3, 0.4) is 0 Å². The SMILES string of the molecule is CC(=O)N[C@@H](C(=O)N[C@@H](CCc1ccccc1)C(N)=O)C(C)C. The number of benzene rings is 1. The van der Waals surface area contributed by atoms with Crippen molar-refractivity contribution >= 4 is 17.7 Å². The Bertz CT molecular complexity index is 543. The Labute approximate surface area is 136 Å². The van der Waals surface area contributed by atoms with Gasteiger partial charge in [0.2, 0.25) is 17.7 Å². The van der Waals surface area contributed by atoms with Crippen LogP contribution in [0.4, 0.5) is 0 Å². The lowest BCUT2D eigenvalue weighted by Gasteiger charge is -2.24. The molecule has 0 spiro atoms. The van der Waals surface area contributed by atoms with E-state index in [1.54, 1.807) is 0 Å². The van der Waals surface area contributed by atoms with Crippen molar-refractivity contribution in [3.05, 3.63) is 35.9 Å². The third-order valence-electron chi connectivity index (χ3n) is 3.53. The quantitative estimate of drug-likeness (QED) is 0.659. The van der Waals surface area contributed by atoms with Gasteiger partial charge in [0.25, 0.3) is 0 Å². The molecular formula is C17H25N3O3. The van der Waals surface area contributed by atoms with E-state index in [0.29, 0.717) is 12.8 Å². The second-order valence-corrected chi connectivity index (χ2v) is 5.91. The Morgan fingerprint density at radius 1 is 1.09 bits per heavy atom. The van der Waals surface area contributed by atoms with Crippen LogP contribution < -0.4 is 16.4 Å². The van der Waals surface area contributed by atoms with E-state index < -0.39 is 23.9 Å². The number of carbonyl (C=O) groups excluding carboxylic acids is 3. The second-order valence-electron chi connectivity index (χ2n) is 5.91. The lowest BCUT2D eigenvalue weighted by atomic mass is 10.0. The number of amides is 3. The highest BCUT2D eigenvalue weighted by atomic mass is 16.2. The molecule has 0 aliphatic heterocycles. The normalized spacial score (nSPS) is 13.2. The molecule has 0 aromatic heterocycles. The summed E-state index contributed by atoms with van der Waals surface area (Å²) in [7, 11) is 0. The van der Waals surface area contributed by atoms with Gasteiger partial charge < -0.3 is 16.4 Å². The highest BCUT2D eigenvalue weighted by molar-refractivity contribution is 5.91. The van der Waals surface area contributed by atoms with E-state index in [-0.39, 0.29) is 11.8 Å². The molecule has 1 aromatic rings. The number of nitrogens with two attached hydrogens (primary N) is 1. The maximum Gasteiger partial charge on any atom is 0.243 e. The minimum Gasteiger partial charge on any atom is -0.368 e.